The van der Waals surface area contributed by atoms with Crippen molar-refractivity contribution < 1.29 is 4.79 Å². The first kappa shape index (κ1) is 16.6. The topological polar surface area (TPSA) is 72.7 Å². The van der Waals surface area contributed by atoms with Crippen LogP contribution in [-0.2, 0) is 11.8 Å². The first-order chi connectivity index (χ1) is 12.0. The van der Waals surface area contributed by atoms with Gasteiger partial charge in [-0.05, 0) is 19.9 Å². The van der Waals surface area contributed by atoms with E-state index in [4.69, 9.17) is 0 Å². The van der Waals surface area contributed by atoms with Crippen LogP contribution in [0.5, 0.6) is 0 Å². The molecule has 0 aliphatic rings. The van der Waals surface area contributed by atoms with Gasteiger partial charge < -0.3 is 5.32 Å². The number of carbonyl (C=O) groups excluding carboxylic acids is 1. The van der Waals surface area contributed by atoms with Crippen molar-refractivity contribution in [3.05, 3.63) is 65.8 Å². The number of hydrogen-bond donors (Lipinski definition) is 1. The second-order valence-electron chi connectivity index (χ2n) is 5.69. The number of anilines is 1. The van der Waals surface area contributed by atoms with Crippen LogP contribution in [0, 0.1) is 13.8 Å². The average molecular weight is 333 g/mol. The second kappa shape index (κ2) is 7.09. The smallest absolute Gasteiger partial charge is 0.248 e. The highest BCUT2D eigenvalue weighted by Gasteiger charge is 2.07. The minimum absolute atomic E-state index is 0.237. The van der Waals surface area contributed by atoms with Crippen molar-refractivity contribution in [1.82, 2.24) is 19.7 Å². The third kappa shape index (κ3) is 3.80. The summed E-state index contributed by atoms with van der Waals surface area (Å²) in [6.45, 7) is 3.88. The van der Waals surface area contributed by atoms with Crippen molar-refractivity contribution in [2.75, 3.05) is 5.32 Å². The van der Waals surface area contributed by atoms with Gasteiger partial charge in [0.1, 0.15) is 0 Å². The Labute approximate surface area is 146 Å². The van der Waals surface area contributed by atoms with Gasteiger partial charge in [-0.25, -0.2) is 9.97 Å². The Morgan fingerprint density at radius 3 is 2.40 bits per heavy atom. The molecule has 0 unspecified atom stereocenters. The van der Waals surface area contributed by atoms with Crippen LogP contribution in [0.2, 0.25) is 0 Å². The Hall–Kier alpha value is -3.28. The Bertz CT molecular complexity index is 911. The van der Waals surface area contributed by atoms with Gasteiger partial charge in [0.05, 0.1) is 23.8 Å². The number of rotatable bonds is 4. The third-order valence-electron chi connectivity index (χ3n) is 3.92. The zero-order chi connectivity index (χ0) is 17.8. The van der Waals surface area contributed by atoms with Gasteiger partial charge >= 0.3 is 0 Å². The zero-order valence-electron chi connectivity index (χ0n) is 14.4. The summed E-state index contributed by atoms with van der Waals surface area (Å²) >= 11 is 0. The molecule has 6 nitrogen and oxygen atoms in total. The monoisotopic (exact) mass is 333 g/mol. The molecule has 0 saturated heterocycles. The summed E-state index contributed by atoms with van der Waals surface area (Å²) in [6.07, 6.45) is 6.46. The van der Waals surface area contributed by atoms with Crippen LogP contribution >= 0.6 is 0 Å². The molecule has 3 aromatic rings. The summed E-state index contributed by atoms with van der Waals surface area (Å²) in [6, 6.07) is 9.68. The molecule has 0 fully saturated rings. The highest BCUT2D eigenvalue weighted by molar-refractivity contribution is 6.01. The number of benzene rings is 1. The molecule has 126 valence electrons. The number of aryl methyl sites for hydroxylation is 2. The quantitative estimate of drug-likeness (QED) is 0.745. The van der Waals surface area contributed by atoms with Crippen molar-refractivity contribution in [3.8, 4) is 11.4 Å². The maximum atomic E-state index is 12.1. The van der Waals surface area contributed by atoms with E-state index >= 15 is 0 Å². The van der Waals surface area contributed by atoms with Crippen LogP contribution in [0.15, 0.2) is 48.8 Å². The summed E-state index contributed by atoms with van der Waals surface area (Å²) in [5, 5.41) is 7.08. The molecule has 0 atom stereocenters. The lowest BCUT2D eigenvalue weighted by Crippen LogP contribution is -2.08. The molecule has 6 heteroatoms. The molecule has 2 aromatic heterocycles. The van der Waals surface area contributed by atoms with Crippen LogP contribution in [0.4, 0.5) is 5.69 Å². The molecule has 0 aliphatic heterocycles. The maximum absolute atomic E-state index is 12.1. The lowest BCUT2D eigenvalue weighted by atomic mass is 10.2. The molecule has 0 bridgehead atoms. The van der Waals surface area contributed by atoms with Crippen molar-refractivity contribution in [3.63, 3.8) is 0 Å². The molecule has 25 heavy (non-hydrogen) atoms. The molecular formula is C19H19N5O. The van der Waals surface area contributed by atoms with Crippen molar-refractivity contribution in [1.29, 1.82) is 0 Å². The van der Waals surface area contributed by atoms with E-state index in [0.29, 0.717) is 11.5 Å². The van der Waals surface area contributed by atoms with Gasteiger partial charge in [0.25, 0.3) is 0 Å². The van der Waals surface area contributed by atoms with E-state index < -0.39 is 0 Å². The number of carbonyl (C=O) groups is 1. The molecule has 0 spiro atoms. The van der Waals surface area contributed by atoms with E-state index in [2.05, 4.69) is 20.4 Å². The molecule has 0 aliphatic carbocycles. The van der Waals surface area contributed by atoms with Crippen molar-refractivity contribution in [2.45, 2.75) is 13.8 Å². The van der Waals surface area contributed by atoms with Crippen LogP contribution in [0.3, 0.4) is 0 Å². The molecule has 2 heterocycles. The van der Waals surface area contributed by atoms with Gasteiger partial charge in [-0.3, -0.25) is 9.48 Å². The average Bonchev–Trinajstić information content (AvgIpc) is 2.86. The van der Waals surface area contributed by atoms with E-state index in [0.717, 1.165) is 22.5 Å². The Morgan fingerprint density at radius 1 is 1.12 bits per heavy atom. The Morgan fingerprint density at radius 2 is 1.80 bits per heavy atom. The van der Waals surface area contributed by atoms with E-state index in [-0.39, 0.29) is 5.91 Å². The van der Waals surface area contributed by atoms with Crippen LogP contribution in [-0.4, -0.2) is 25.7 Å². The lowest BCUT2D eigenvalue weighted by molar-refractivity contribution is -0.111. The largest absolute Gasteiger partial charge is 0.320 e. The molecule has 1 aromatic carbocycles. The molecule has 0 saturated carbocycles. The van der Waals surface area contributed by atoms with Gasteiger partial charge in [0.15, 0.2) is 5.82 Å². The van der Waals surface area contributed by atoms with Crippen molar-refractivity contribution in [2.24, 2.45) is 7.05 Å². The zero-order valence-corrected chi connectivity index (χ0v) is 14.4. The lowest BCUT2D eigenvalue weighted by Gasteiger charge is -2.03. The van der Waals surface area contributed by atoms with E-state index in [1.54, 1.807) is 23.2 Å². The van der Waals surface area contributed by atoms with Crippen LogP contribution in [0.1, 0.15) is 17.0 Å². The number of aromatic nitrogens is 4. The molecule has 1 amide bonds. The summed E-state index contributed by atoms with van der Waals surface area (Å²) in [7, 11) is 1.88. The minimum atomic E-state index is -0.237. The molecular weight excluding hydrogens is 314 g/mol. The Kier molecular flexibility index (Phi) is 4.70. The highest BCUT2D eigenvalue weighted by Crippen LogP contribution is 2.16. The van der Waals surface area contributed by atoms with Crippen LogP contribution < -0.4 is 5.32 Å². The third-order valence-corrected chi connectivity index (χ3v) is 3.92. The van der Waals surface area contributed by atoms with Crippen molar-refractivity contribution >= 4 is 17.7 Å². The standard InChI is InChI=1S/C19H19N5O/c1-13-17(14(2)24(3)23-13)9-10-18(25)22-16-11-20-19(21-12-16)15-7-5-4-6-8-15/h4-12H,1-3H3,(H,22,25)/b10-9+. The van der Waals surface area contributed by atoms with Gasteiger partial charge in [-0.15, -0.1) is 0 Å². The molecule has 3 rings (SSSR count). The number of nitrogens with zero attached hydrogens (tertiary/aromatic N) is 4. The number of hydrogen-bond acceptors (Lipinski definition) is 4. The predicted molar refractivity (Wildman–Crippen MR) is 97.8 cm³/mol. The first-order valence-corrected chi connectivity index (χ1v) is 7.91. The summed E-state index contributed by atoms with van der Waals surface area (Å²) in [4.78, 5) is 20.7. The Balaban J connectivity index is 1.68. The number of nitrogens with one attached hydrogen (secondary N) is 1. The second-order valence-corrected chi connectivity index (χ2v) is 5.69. The fourth-order valence-electron chi connectivity index (χ4n) is 2.50. The fraction of sp³-hybridized carbons (Fsp3) is 0.158. The fourth-order valence-corrected chi connectivity index (χ4v) is 2.50. The van der Waals surface area contributed by atoms with E-state index in [1.165, 1.54) is 6.08 Å². The number of amides is 1. The molecule has 1 N–H and O–H groups in total. The van der Waals surface area contributed by atoms with Gasteiger partial charge in [-0.2, -0.15) is 5.10 Å². The van der Waals surface area contributed by atoms with Gasteiger partial charge in [0.2, 0.25) is 5.91 Å². The summed E-state index contributed by atoms with van der Waals surface area (Å²) in [5.41, 5.74) is 4.33. The van der Waals surface area contributed by atoms with Gasteiger partial charge in [-0.1, -0.05) is 30.3 Å². The highest BCUT2D eigenvalue weighted by atomic mass is 16.1. The van der Waals surface area contributed by atoms with E-state index in [1.807, 2.05) is 51.2 Å². The SMILES string of the molecule is Cc1nn(C)c(C)c1/C=C/C(=O)Nc1cnc(-c2ccccc2)nc1. The normalized spacial score (nSPS) is 11.0. The van der Waals surface area contributed by atoms with Gasteiger partial charge in [0, 0.05) is 29.9 Å². The summed E-state index contributed by atoms with van der Waals surface area (Å²) < 4.78 is 1.79. The van der Waals surface area contributed by atoms with E-state index in [9.17, 15) is 4.79 Å². The first-order valence-electron chi connectivity index (χ1n) is 7.91. The minimum Gasteiger partial charge on any atom is -0.320 e. The predicted octanol–water partition coefficient (Wildman–Crippen LogP) is 3.15. The molecule has 0 radical (unpaired) electrons. The maximum Gasteiger partial charge on any atom is 0.248 e. The summed E-state index contributed by atoms with van der Waals surface area (Å²) in [5.74, 6) is 0.384. The van der Waals surface area contributed by atoms with Crippen LogP contribution in [0.25, 0.3) is 17.5 Å².